The average molecular weight is 384 g/mol. The van der Waals surface area contributed by atoms with Gasteiger partial charge in [-0.15, -0.1) is 0 Å². The van der Waals surface area contributed by atoms with Gasteiger partial charge in [0.05, 0.1) is 17.5 Å². The van der Waals surface area contributed by atoms with Crippen LogP contribution in [0, 0.1) is 6.92 Å². The van der Waals surface area contributed by atoms with Crippen LogP contribution >= 0.6 is 0 Å². The maximum Gasteiger partial charge on any atom is 0.320 e. The molecular weight excluding hydrogens is 354 g/mol. The zero-order chi connectivity index (χ0) is 18.6. The van der Waals surface area contributed by atoms with Crippen LogP contribution < -0.4 is 10.6 Å². The third kappa shape index (κ3) is 4.76. The number of hydrogen-bond donors (Lipinski definition) is 2. The Labute approximate surface area is 155 Å². The van der Waals surface area contributed by atoms with Gasteiger partial charge in [-0.25, -0.2) is 22.2 Å². The lowest BCUT2D eigenvalue weighted by Crippen LogP contribution is -2.38. The van der Waals surface area contributed by atoms with Crippen LogP contribution in [0.1, 0.15) is 56.7 Å². The molecule has 1 aliphatic heterocycles. The molecule has 2 N–H and O–H groups in total. The SMILES string of the molecule is Cc1cc(NC(=O)NCCS(=O)(=O)N2CCCC2)n(C2CCCCC2)n1. The van der Waals surface area contributed by atoms with Crippen molar-refractivity contribution in [2.75, 3.05) is 30.7 Å². The van der Waals surface area contributed by atoms with E-state index in [1.807, 2.05) is 17.7 Å². The van der Waals surface area contributed by atoms with Crippen LogP contribution in [-0.4, -0.2) is 53.9 Å². The van der Waals surface area contributed by atoms with Crippen LogP contribution in [-0.2, 0) is 10.0 Å². The second kappa shape index (κ2) is 8.39. The van der Waals surface area contributed by atoms with Crippen LogP contribution in [0.4, 0.5) is 10.6 Å². The number of anilines is 1. The van der Waals surface area contributed by atoms with Crippen LogP contribution in [0.5, 0.6) is 0 Å². The molecule has 2 amide bonds. The molecule has 1 saturated heterocycles. The van der Waals surface area contributed by atoms with E-state index in [0.717, 1.165) is 31.4 Å². The van der Waals surface area contributed by atoms with E-state index in [9.17, 15) is 13.2 Å². The largest absolute Gasteiger partial charge is 0.337 e. The summed E-state index contributed by atoms with van der Waals surface area (Å²) >= 11 is 0. The summed E-state index contributed by atoms with van der Waals surface area (Å²) in [5, 5.41) is 10.0. The highest BCUT2D eigenvalue weighted by atomic mass is 32.2. The molecule has 8 nitrogen and oxygen atoms in total. The van der Waals surface area contributed by atoms with Gasteiger partial charge in [0.1, 0.15) is 5.82 Å². The minimum Gasteiger partial charge on any atom is -0.337 e. The minimum absolute atomic E-state index is 0.0681. The molecule has 2 aliphatic rings. The average Bonchev–Trinajstić information content (AvgIpc) is 3.26. The molecule has 9 heteroatoms. The monoisotopic (exact) mass is 383 g/mol. The zero-order valence-corrected chi connectivity index (χ0v) is 16.2. The van der Waals surface area contributed by atoms with E-state index < -0.39 is 16.1 Å². The van der Waals surface area contributed by atoms with Crippen LogP contribution in [0.25, 0.3) is 0 Å². The third-order valence-corrected chi connectivity index (χ3v) is 7.00. The van der Waals surface area contributed by atoms with Crippen LogP contribution in [0.3, 0.4) is 0 Å². The summed E-state index contributed by atoms with van der Waals surface area (Å²) in [6, 6.07) is 1.79. The van der Waals surface area contributed by atoms with Gasteiger partial charge in [-0.05, 0) is 32.6 Å². The Morgan fingerprint density at radius 3 is 2.58 bits per heavy atom. The van der Waals surface area contributed by atoms with E-state index in [0.29, 0.717) is 24.9 Å². The highest BCUT2D eigenvalue weighted by Gasteiger charge is 2.25. The van der Waals surface area contributed by atoms with E-state index in [2.05, 4.69) is 15.7 Å². The summed E-state index contributed by atoms with van der Waals surface area (Å²) in [7, 11) is -3.28. The number of nitrogens with zero attached hydrogens (tertiary/aromatic N) is 3. The molecule has 0 atom stereocenters. The molecule has 1 saturated carbocycles. The Balaban J connectivity index is 1.52. The molecule has 2 heterocycles. The van der Waals surface area contributed by atoms with Crippen LogP contribution in [0.2, 0.25) is 0 Å². The van der Waals surface area contributed by atoms with Crippen molar-refractivity contribution >= 4 is 21.9 Å². The standard InChI is InChI=1S/C17H29N5O3S/c1-14-13-16(22(20-14)15-7-3-2-4-8-15)19-17(23)18-9-12-26(24,25)21-10-5-6-11-21/h13,15H,2-12H2,1H3,(H2,18,19,23). The number of amides is 2. The molecule has 2 fully saturated rings. The molecule has 0 radical (unpaired) electrons. The van der Waals surface area contributed by atoms with Gasteiger partial charge in [-0.2, -0.15) is 5.10 Å². The maximum atomic E-state index is 12.2. The topological polar surface area (TPSA) is 96.3 Å². The van der Waals surface area contributed by atoms with E-state index in [4.69, 9.17) is 0 Å². The van der Waals surface area contributed by atoms with Gasteiger partial charge < -0.3 is 5.32 Å². The highest BCUT2D eigenvalue weighted by Crippen LogP contribution is 2.30. The summed E-state index contributed by atoms with van der Waals surface area (Å²) in [5.74, 6) is 0.607. The predicted octanol–water partition coefficient (Wildman–Crippen LogP) is 2.24. The van der Waals surface area contributed by atoms with Gasteiger partial charge in [0.25, 0.3) is 0 Å². The maximum absolute atomic E-state index is 12.2. The number of carbonyl (C=O) groups excluding carboxylic acids is 1. The van der Waals surface area contributed by atoms with Gasteiger partial charge in [0.15, 0.2) is 0 Å². The van der Waals surface area contributed by atoms with Gasteiger partial charge >= 0.3 is 6.03 Å². The van der Waals surface area contributed by atoms with E-state index in [1.54, 1.807) is 0 Å². The van der Waals surface area contributed by atoms with Crippen molar-refractivity contribution in [3.63, 3.8) is 0 Å². The predicted molar refractivity (Wildman–Crippen MR) is 101 cm³/mol. The molecule has 0 aromatic carbocycles. The normalized spacial score (nSPS) is 19.6. The first-order chi connectivity index (χ1) is 12.5. The fourth-order valence-electron chi connectivity index (χ4n) is 3.76. The van der Waals surface area contributed by atoms with Gasteiger partial charge in [-0.3, -0.25) is 5.32 Å². The fourth-order valence-corrected chi connectivity index (χ4v) is 5.20. The van der Waals surface area contributed by atoms with Crippen molar-refractivity contribution in [3.05, 3.63) is 11.8 Å². The highest BCUT2D eigenvalue weighted by molar-refractivity contribution is 7.89. The third-order valence-electron chi connectivity index (χ3n) is 5.12. The molecule has 0 spiro atoms. The molecule has 0 unspecified atom stereocenters. The van der Waals surface area contributed by atoms with Crippen molar-refractivity contribution in [1.82, 2.24) is 19.4 Å². The summed E-state index contributed by atoms with van der Waals surface area (Å²) in [6.45, 7) is 3.19. The van der Waals surface area contributed by atoms with E-state index >= 15 is 0 Å². The number of nitrogens with one attached hydrogen (secondary N) is 2. The van der Waals surface area contributed by atoms with Gasteiger partial charge in [0, 0.05) is 25.7 Å². The smallest absolute Gasteiger partial charge is 0.320 e. The molecular formula is C17H29N5O3S. The van der Waals surface area contributed by atoms with Gasteiger partial charge in [0.2, 0.25) is 10.0 Å². The molecule has 0 bridgehead atoms. The van der Waals surface area contributed by atoms with E-state index in [1.165, 1.54) is 23.6 Å². The lowest BCUT2D eigenvalue weighted by Gasteiger charge is -2.24. The fraction of sp³-hybridized carbons (Fsp3) is 0.765. The number of rotatable bonds is 6. The van der Waals surface area contributed by atoms with E-state index in [-0.39, 0.29) is 12.3 Å². The lowest BCUT2D eigenvalue weighted by molar-refractivity contribution is 0.252. The zero-order valence-electron chi connectivity index (χ0n) is 15.4. The summed E-state index contributed by atoms with van der Waals surface area (Å²) in [6.07, 6.45) is 7.60. The minimum atomic E-state index is -3.28. The van der Waals surface area contributed by atoms with Gasteiger partial charge in [-0.1, -0.05) is 19.3 Å². The van der Waals surface area contributed by atoms with Crippen molar-refractivity contribution < 1.29 is 13.2 Å². The Hall–Kier alpha value is -1.61. The molecule has 146 valence electrons. The second-order valence-electron chi connectivity index (χ2n) is 7.21. The van der Waals surface area contributed by atoms with Crippen molar-refractivity contribution in [1.29, 1.82) is 0 Å². The quantitative estimate of drug-likeness (QED) is 0.787. The Morgan fingerprint density at radius 1 is 1.19 bits per heavy atom. The van der Waals surface area contributed by atoms with Crippen molar-refractivity contribution in [2.45, 2.75) is 57.9 Å². The summed E-state index contributed by atoms with van der Waals surface area (Å²) in [5.41, 5.74) is 0.863. The molecule has 1 aliphatic carbocycles. The number of aryl methyl sites for hydroxylation is 1. The molecule has 1 aromatic rings. The number of hydrogen-bond acceptors (Lipinski definition) is 4. The van der Waals surface area contributed by atoms with Crippen molar-refractivity contribution in [3.8, 4) is 0 Å². The Kier molecular flexibility index (Phi) is 6.18. The number of urea groups is 1. The molecule has 1 aromatic heterocycles. The summed E-state index contributed by atoms with van der Waals surface area (Å²) < 4.78 is 27.8. The number of aromatic nitrogens is 2. The van der Waals surface area contributed by atoms with Crippen LogP contribution in [0.15, 0.2) is 6.07 Å². The summed E-state index contributed by atoms with van der Waals surface area (Å²) in [4.78, 5) is 12.2. The van der Waals surface area contributed by atoms with Crippen molar-refractivity contribution in [2.24, 2.45) is 0 Å². The molecule has 3 rings (SSSR count). The lowest BCUT2D eigenvalue weighted by atomic mass is 9.96. The first-order valence-electron chi connectivity index (χ1n) is 9.54. The molecule has 26 heavy (non-hydrogen) atoms. The first kappa shape index (κ1) is 19.2. The first-order valence-corrected chi connectivity index (χ1v) is 11.2. The Bertz CT molecular complexity index is 719. The number of carbonyl (C=O) groups is 1. The number of sulfonamides is 1. The Morgan fingerprint density at radius 2 is 1.88 bits per heavy atom. The second-order valence-corrected chi connectivity index (χ2v) is 9.30.